The quantitative estimate of drug-likeness (QED) is 0.625. The molecule has 20 heavy (non-hydrogen) atoms. The molecule has 0 radical (unpaired) electrons. The molecule has 1 aliphatic rings. The molecule has 0 aliphatic carbocycles. The van der Waals surface area contributed by atoms with Gasteiger partial charge in [-0.15, -0.1) is 11.8 Å². The maximum Gasteiger partial charge on any atom is 0.0481 e. The summed E-state index contributed by atoms with van der Waals surface area (Å²) in [6, 6.07) is 17.5. The summed E-state index contributed by atoms with van der Waals surface area (Å²) >= 11 is 5.55. The first-order chi connectivity index (χ1) is 9.79. The molecule has 0 amide bonds. The van der Waals surface area contributed by atoms with Gasteiger partial charge in [-0.05, 0) is 42.3 Å². The number of halogens is 1. The average molecular weight is 344 g/mol. The topological polar surface area (TPSA) is 4.93 Å². The number of fused-ring (bicyclic) bond motifs is 2. The summed E-state index contributed by atoms with van der Waals surface area (Å²) in [6.07, 6.45) is 3.39. The van der Waals surface area contributed by atoms with Crippen molar-refractivity contribution in [2.24, 2.45) is 0 Å². The number of benzene rings is 2. The zero-order chi connectivity index (χ0) is 13.5. The normalized spacial score (nSPS) is 17.6. The van der Waals surface area contributed by atoms with Gasteiger partial charge in [-0.1, -0.05) is 34.1 Å². The van der Waals surface area contributed by atoms with E-state index in [0.717, 1.165) is 11.0 Å². The molecule has 1 unspecified atom stereocenters. The van der Waals surface area contributed by atoms with E-state index in [1.807, 2.05) is 11.8 Å². The smallest absolute Gasteiger partial charge is 0.0481 e. The molecule has 0 saturated heterocycles. The predicted octanol–water partition coefficient (Wildman–Crippen LogP) is 5.12. The van der Waals surface area contributed by atoms with Crippen molar-refractivity contribution in [1.29, 1.82) is 0 Å². The zero-order valence-corrected chi connectivity index (χ0v) is 13.3. The van der Waals surface area contributed by atoms with Gasteiger partial charge in [0.05, 0.1) is 0 Å². The molecule has 3 heteroatoms. The average Bonchev–Trinajstić information content (AvgIpc) is 3.02. The lowest BCUT2D eigenvalue weighted by Gasteiger charge is -2.11. The van der Waals surface area contributed by atoms with Crippen LogP contribution < -0.4 is 0 Å². The van der Waals surface area contributed by atoms with Crippen molar-refractivity contribution in [3.05, 3.63) is 64.8 Å². The summed E-state index contributed by atoms with van der Waals surface area (Å²) in [6.45, 7) is 1.07. The maximum atomic E-state index is 3.54. The molecule has 0 bridgehead atoms. The fourth-order valence-electron chi connectivity index (χ4n) is 2.91. The Labute approximate surface area is 131 Å². The van der Waals surface area contributed by atoms with Crippen LogP contribution in [0.2, 0.25) is 0 Å². The summed E-state index contributed by atoms with van der Waals surface area (Å²) in [5.74, 6) is 0. The Hall–Kier alpha value is -1.19. The Balaban J connectivity index is 1.60. The molecule has 1 atom stereocenters. The zero-order valence-electron chi connectivity index (χ0n) is 10.9. The van der Waals surface area contributed by atoms with Crippen LogP contribution in [0.25, 0.3) is 10.9 Å². The lowest BCUT2D eigenvalue weighted by molar-refractivity contribution is 0.685. The van der Waals surface area contributed by atoms with E-state index in [1.54, 1.807) is 0 Å². The molecule has 1 nitrogen and oxygen atoms in total. The highest BCUT2D eigenvalue weighted by Gasteiger charge is 2.22. The highest BCUT2D eigenvalue weighted by atomic mass is 79.9. The van der Waals surface area contributed by atoms with Gasteiger partial charge in [0.2, 0.25) is 0 Å². The van der Waals surface area contributed by atoms with Crippen LogP contribution in [0.1, 0.15) is 5.56 Å². The number of hydrogen-bond donors (Lipinski definition) is 0. The van der Waals surface area contributed by atoms with Crippen LogP contribution in [-0.4, -0.2) is 9.82 Å². The van der Waals surface area contributed by atoms with Gasteiger partial charge in [0.25, 0.3) is 0 Å². The Morgan fingerprint density at radius 2 is 2.05 bits per heavy atom. The van der Waals surface area contributed by atoms with Gasteiger partial charge in [-0.25, -0.2) is 0 Å². The van der Waals surface area contributed by atoms with Crippen molar-refractivity contribution in [2.45, 2.75) is 23.1 Å². The van der Waals surface area contributed by atoms with E-state index in [2.05, 4.69) is 75.2 Å². The minimum absolute atomic E-state index is 0.645. The second kappa shape index (κ2) is 4.97. The van der Waals surface area contributed by atoms with E-state index < -0.39 is 0 Å². The molecule has 100 valence electrons. The molecule has 0 fully saturated rings. The van der Waals surface area contributed by atoms with Crippen LogP contribution in [-0.2, 0) is 13.0 Å². The van der Waals surface area contributed by atoms with Gasteiger partial charge in [-0.2, -0.15) is 0 Å². The van der Waals surface area contributed by atoms with Gasteiger partial charge in [-0.3, -0.25) is 0 Å². The summed E-state index contributed by atoms with van der Waals surface area (Å²) in [5.41, 5.74) is 2.83. The van der Waals surface area contributed by atoms with E-state index in [4.69, 9.17) is 0 Å². The monoisotopic (exact) mass is 343 g/mol. The van der Waals surface area contributed by atoms with Gasteiger partial charge in [0, 0.05) is 38.3 Å². The number of rotatable bonds is 2. The second-order valence-corrected chi connectivity index (χ2v) is 7.48. The van der Waals surface area contributed by atoms with E-state index in [0.29, 0.717) is 5.25 Å². The van der Waals surface area contributed by atoms with Gasteiger partial charge >= 0.3 is 0 Å². The van der Waals surface area contributed by atoms with Crippen molar-refractivity contribution >= 4 is 38.6 Å². The Morgan fingerprint density at radius 3 is 2.95 bits per heavy atom. The summed E-state index contributed by atoms with van der Waals surface area (Å²) in [7, 11) is 0. The van der Waals surface area contributed by atoms with Crippen molar-refractivity contribution in [3.8, 4) is 0 Å². The molecule has 0 saturated carbocycles. The minimum Gasteiger partial charge on any atom is -0.346 e. The van der Waals surface area contributed by atoms with Crippen LogP contribution in [0.4, 0.5) is 0 Å². The molecule has 2 heterocycles. The Bertz CT molecular complexity index is 753. The van der Waals surface area contributed by atoms with E-state index in [9.17, 15) is 0 Å². The van der Waals surface area contributed by atoms with E-state index >= 15 is 0 Å². The molecule has 1 aliphatic heterocycles. The first kappa shape index (κ1) is 12.5. The molecule has 0 spiro atoms. The van der Waals surface area contributed by atoms with Gasteiger partial charge in [0.1, 0.15) is 0 Å². The van der Waals surface area contributed by atoms with Crippen LogP contribution in [0.3, 0.4) is 0 Å². The standard InChI is InChI=1S/C17H14BrNS/c18-14-5-6-16-12(9-14)7-8-19(16)11-15-10-13-3-1-2-4-17(13)20-15/h1-9,15H,10-11H2. The van der Waals surface area contributed by atoms with Gasteiger partial charge in [0.15, 0.2) is 0 Å². The van der Waals surface area contributed by atoms with Crippen molar-refractivity contribution < 1.29 is 0 Å². The summed E-state index contributed by atoms with van der Waals surface area (Å²) < 4.78 is 3.52. The van der Waals surface area contributed by atoms with Crippen LogP contribution in [0.5, 0.6) is 0 Å². The molecular weight excluding hydrogens is 330 g/mol. The summed E-state index contributed by atoms with van der Waals surface area (Å²) in [5, 5.41) is 1.95. The number of thioether (sulfide) groups is 1. The van der Waals surface area contributed by atoms with Crippen LogP contribution in [0, 0.1) is 0 Å². The molecule has 1 aromatic heterocycles. The first-order valence-corrected chi connectivity index (χ1v) is 8.46. The molecular formula is C17H14BrNS. The Morgan fingerprint density at radius 1 is 1.15 bits per heavy atom. The fraction of sp³-hybridized carbons (Fsp3) is 0.176. The third-order valence-corrected chi connectivity index (χ3v) is 5.64. The predicted molar refractivity (Wildman–Crippen MR) is 89.4 cm³/mol. The number of aromatic nitrogens is 1. The van der Waals surface area contributed by atoms with E-state index in [1.165, 1.54) is 27.8 Å². The van der Waals surface area contributed by atoms with Crippen molar-refractivity contribution in [2.75, 3.05) is 0 Å². The lowest BCUT2D eigenvalue weighted by Crippen LogP contribution is -2.11. The molecule has 3 aromatic rings. The third kappa shape index (κ3) is 2.19. The van der Waals surface area contributed by atoms with Crippen molar-refractivity contribution in [3.63, 3.8) is 0 Å². The van der Waals surface area contributed by atoms with Crippen LogP contribution >= 0.6 is 27.7 Å². The maximum absolute atomic E-state index is 3.54. The van der Waals surface area contributed by atoms with Gasteiger partial charge < -0.3 is 4.57 Å². The fourth-order valence-corrected chi connectivity index (χ4v) is 4.60. The lowest BCUT2D eigenvalue weighted by atomic mass is 10.1. The summed E-state index contributed by atoms with van der Waals surface area (Å²) in [4.78, 5) is 1.46. The molecule has 4 rings (SSSR count). The second-order valence-electron chi connectivity index (χ2n) is 5.22. The largest absolute Gasteiger partial charge is 0.346 e. The first-order valence-electron chi connectivity index (χ1n) is 6.78. The number of nitrogens with zero attached hydrogens (tertiary/aromatic N) is 1. The van der Waals surface area contributed by atoms with Crippen LogP contribution in [0.15, 0.2) is 64.1 Å². The third-order valence-electron chi connectivity index (χ3n) is 3.85. The Kier molecular flexibility index (Phi) is 3.12. The number of hydrogen-bond acceptors (Lipinski definition) is 1. The molecule has 0 N–H and O–H groups in total. The highest BCUT2D eigenvalue weighted by molar-refractivity contribution is 9.10. The minimum atomic E-state index is 0.645. The highest BCUT2D eigenvalue weighted by Crippen LogP contribution is 2.38. The SMILES string of the molecule is Brc1ccc2c(ccn2CC2Cc3ccccc3S2)c1. The molecule has 2 aromatic carbocycles. The van der Waals surface area contributed by atoms with E-state index in [-0.39, 0.29) is 0 Å². The van der Waals surface area contributed by atoms with Crippen molar-refractivity contribution in [1.82, 2.24) is 4.57 Å².